The average Bonchev–Trinajstić information content (AvgIpc) is 2.91. The number of nitrogens with one attached hydrogen (secondary N) is 1. The molecule has 0 spiro atoms. The Kier molecular flexibility index (Phi) is 5.01. The van der Waals surface area contributed by atoms with Crippen LogP contribution in [-0.2, 0) is 7.05 Å². The van der Waals surface area contributed by atoms with E-state index in [2.05, 4.69) is 5.32 Å². The van der Waals surface area contributed by atoms with E-state index in [9.17, 15) is 29.6 Å². The highest BCUT2D eigenvalue weighted by Crippen LogP contribution is 2.20. The Morgan fingerprint density at radius 3 is 2.34 bits per heavy atom. The summed E-state index contributed by atoms with van der Waals surface area (Å²) in [6.07, 6.45) is 0. The lowest BCUT2D eigenvalue weighted by atomic mass is 10.1. The van der Waals surface area contributed by atoms with Crippen molar-refractivity contribution in [2.45, 2.75) is 6.92 Å². The van der Waals surface area contributed by atoms with Crippen LogP contribution in [0.3, 0.4) is 0 Å². The maximum atomic E-state index is 12.9. The van der Waals surface area contributed by atoms with Crippen LogP contribution in [0.2, 0.25) is 0 Å². The molecule has 29 heavy (non-hydrogen) atoms. The van der Waals surface area contributed by atoms with Crippen molar-refractivity contribution in [1.82, 2.24) is 9.36 Å². The fraction of sp³-hybridized carbons (Fsp3) is 0.105. The number of aromatic carboxylic acids is 1. The lowest BCUT2D eigenvalue weighted by Gasteiger charge is -2.07. The van der Waals surface area contributed by atoms with Gasteiger partial charge in [0.15, 0.2) is 0 Å². The summed E-state index contributed by atoms with van der Waals surface area (Å²) in [4.78, 5) is 47.1. The van der Waals surface area contributed by atoms with E-state index in [-0.39, 0.29) is 11.3 Å². The first kappa shape index (κ1) is 19.5. The second-order valence-corrected chi connectivity index (χ2v) is 6.18. The van der Waals surface area contributed by atoms with Gasteiger partial charge in [0.25, 0.3) is 17.2 Å². The van der Waals surface area contributed by atoms with Crippen molar-refractivity contribution < 1.29 is 19.6 Å². The van der Waals surface area contributed by atoms with Crippen LogP contribution in [0.4, 0.5) is 11.4 Å². The monoisotopic (exact) mass is 396 g/mol. The maximum Gasteiger partial charge on any atom is 0.336 e. The van der Waals surface area contributed by atoms with Crippen LogP contribution < -0.4 is 10.9 Å². The fourth-order valence-corrected chi connectivity index (χ4v) is 2.91. The molecule has 3 rings (SSSR count). The Balaban J connectivity index is 2.04. The highest BCUT2D eigenvalue weighted by molar-refractivity contribution is 6.11. The summed E-state index contributed by atoms with van der Waals surface area (Å²) in [5.41, 5.74) is -0.762. The SMILES string of the molecule is Cc1c(NC(=O)c2ccc([N+](=O)[O-])cc2C(=O)O)c(=O)n(-c2ccccc2)n1C. The number of hydrogen-bond acceptors (Lipinski definition) is 5. The van der Waals surface area contributed by atoms with Crippen LogP contribution in [0.25, 0.3) is 5.69 Å². The largest absolute Gasteiger partial charge is 0.478 e. The minimum absolute atomic E-state index is 0.0176. The van der Waals surface area contributed by atoms with Gasteiger partial charge in [-0.15, -0.1) is 0 Å². The molecule has 2 N–H and O–H groups in total. The quantitative estimate of drug-likeness (QED) is 0.502. The number of para-hydroxylation sites is 1. The second kappa shape index (κ2) is 7.43. The number of nitro benzene ring substituents is 1. The van der Waals surface area contributed by atoms with Crippen molar-refractivity contribution in [3.63, 3.8) is 0 Å². The first-order valence-electron chi connectivity index (χ1n) is 8.39. The molecule has 0 bridgehead atoms. The second-order valence-electron chi connectivity index (χ2n) is 6.18. The van der Waals surface area contributed by atoms with Gasteiger partial charge in [0.05, 0.1) is 27.4 Å². The van der Waals surface area contributed by atoms with Gasteiger partial charge >= 0.3 is 5.97 Å². The topological polar surface area (TPSA) is 136 Å². The van der Waals surface area contributed by atoms with E-state index in [1.165, 1.54) is 4.68 Å². The predicted molar refractivity (Wildman–Crippen MR) is 104 cm³/mol. The standard InChI is InChI=1S/C19H16N4O6/c1-11-16(18(25)22(21(11)2)12-6-4-3-5-7-12)20-17(24)14-9-8-13(23(28)29)10-15(14)19(26)27/h3-10H,1-2H3,(H,20,24)(H,26,27). The summed E-state index contributed by atoms with van der Waals surface area (Å²) in [5, 5.41) is 22.6. The van der Waals surface area contributed by atoms with Crippen molar-refractivity contribution in [3.05, 3.63) is 85.8 Å². The summed E-state index contributed by atoms with van der Waals surface area (Å²) in [6.45, 7) is 1.63. The highest BCUT2D eigenvalue weighted by atomic mass is 16.6. The van der Waals surface area contributed by atoms with Crippen molar-refractivity contribution in [3.8, 4) is 5.69 Å². The van der Waals surface area contributed by atoms with Crippen LogP contribution in [0.15, 0.2) is 53.3 Å². The summed E-state index contributed by atoms with van der Waals surface area (Å²) in [6, 6.07) is 11.7. The summed E-state index contributed by atoms with van der Waals surface area (Å²) in [5.74, 6) is -2.35. The van der Waals surface area contributed by atoms with E-state index < -0.39 is 33.6 Å². The van der Waals surface area contributed by atoms with Crippen molar-refractivity contribution in [1.29, 1.82) is 0 Å². The number of aromatic nitrogens is 2. The van der Waals surface area contributed by atoms with E-state index in [1.54, 1.807) is 49.0 Å². The van der Waals surface area contributed by atoms with E-state index in [4.69, 9.17) is 0 Å². The van der Waals surface area contributed by atoms with Crippen LogP contribution >= 0.6 is 0 Å². The molecular weight excluding hydrogens is 380 g/mol. The predicted octanol–water partition coefficient (Wildman–Crippen LogP) is 2.34. The number of carbonyl (C=O) groups excluding carboxylic acids is 1. The van der Waals surface area contributed by atoms with Crippen molar-refractivity contribution in [2.24, 2.45) is 7.05 Å². The van der Waals surface area contributed by atoms with Gasteiger partial charge in [-0.2, -0.15) is 0 Å². The van der Waals surface area contributed by atoms with Gasteiger partial charge in [-0.1, -0.05) is 18.2 Å². The molecule has 148 valence electrons. The van der Waals surface area contributed by atoms with Gasteiger partial charge < -0.3 is 10.4 Å². The summed E-state index contributed by atoms with van der Waals surface area (Å²) < 4.78 is 2.92. The van der Waals surface area contributed by atoms with E-state index >= 15 is 0 Å². The van der Waals surface area contributed by atoms with Crippen molar-refractivity contribution >= 4 is 23.3 Å². The van der Waals surface area contributed by atoms with Crippen molar-refractivity contribution in [2.75, 3.05) is 5.32 Å². The number of carboxylic acids is 1. The smallest absolute Gasteiger partial charge is 0.336 e. The Labute approximate surface area is 163 Å². The van der Waals surface area contributed by atoms with E-state index in [0.717, 1.165) is 18.2 Å². The molecule has 10 heteroatoms. The summed E-state index contributed by atoms with van der Waals surface area (Å²) in [7, 11) is 1.65. The zero-order chi connectivity index (χ0) is 21.3. The zero-order valence-corrected chi connectivity index (χ0v) is 15.4. The minimum atomic E-state index is -1.50. The molecule has 0 saturated carbocycles. The Morgan fingerprint density at radius 1 is 1.10 bits per heavy atom. The molecule has 1 heterocycles. The number of carboxylic acid groups (broad SMARTS) is 1. The first-order valence-corrected chi connectivity index (χ1v) is 8.39. The number of non-ortho nitro benzene ring substituents is 1. The third kappa shape index (κ3) is 3.50. The lowest BCUT2D eigenvalue weighted by Crippen LogP contribution is -2.23. The number of nitrogens with zero attached hydrogens (tertiary/aromatic N) is 3. The molecule has 3 aromatic rings. The number of hydrogen-bond donors (Lipinski definition) is 2. The lowest BCUT2D eigenvalue weighted by molar-refractivity contribution is -0.384. The molecule has 0 unspecified atom stereocenters. The third-order valence-electron chi connectivity index (χ3n) is 4.48. The fourth-order valence-electron chi connectivity index (χ4n) is 2.91. The van der Waals surface area contributed by atoms with Crippen LogP contribution in [0.5, 0.6) is 0 Å². The average molecular weight is 396 g/mol. The first-order chi connectivity index (χ1) is 13.7. The molecule has 1 aromatic heterocycles. The van der Waals surface area contributed by atoms with Gasteiger partial charge in [0.2, 0.25) is 0 Å². The van der Waals surface area contributed by atoms with Crippen LogP contribution in [0.1, 0.15) is 26.4 Å². The molecule has 0 aliphatic heterocycles. The number of anilines is 1. The third-order valence-corrected chi connectivity index (χ3v) is 4.48. The van der Waals surface area contributed by atoms with Crippen LogP contribution in [-0.4, -0.2) is 31.3 Å². The minimum Gasteiger partial charge on any atom is -0.478 e. The Morgan fingerprint density at radius 2 is 1.76 bits per heavy atom. The van der Waals surface area contributed by atoms with E-state index in [1.807, 2.05) is 0 Å². The number of amides is 1. The molecule has 0 radical (unpaired) electrons. The summed E-state index contributed by atoms with van der Waals surface area (Å²) >= 11 is 0. The molecule has 0 aliphatic rings. The highest BCUT2D eigenvalue weighted by Gasteiger charge is 2.23. The maximum absolute atomic E-state index is 12.9. The van der Waals surface area contributed by atoms with Gasteiger partial charge in [0, 0.05) is 19.2 Å². The molecule has 2 aromatic carbocycles. The number of nitro groups is 1. The van der Waals surface area contributed by atoms with Crippen LogP contribution in [0, 0.1) is 17.0 Å². The van der Waals surface area contributed by atoms with Gasteiger partial charge in [-0.25, -0.2) is 9.48 Å². The number of benzene rings is 2. The van der Waals surface area contributed by atoms with Gasteiger partial charge in [0.1, 0.15) is 5.69 Å². The van der Waals surface area contributed by atoms with E-state index in [0.29, 0.717) is 11.4 Å². The molecule has 0 aliphatic carbocycles. The molecule has 0 fully saturated rings. The molecule has 0 atom stereocenters. The van der Waals surface area contributed by atoms with Gasteiger partial charge in [-0.3, -0.25) is 24.4 Å². The molecule has 1 amide bonds. The number of rotatable bonds is 5. The number of carbonyl (C=O) groups is 2. The van der Waals surface area contributed by atoms with Gasteiger partial charge in [-0.05, 0) is 25.1 Å². The normalized spacial score (nSPS) is 10.6. The Bertz CT molecular complexity index is 1190. The Hall–Kier alpha value is -4.21. The molecular formula is C19H16N4O6. The molecule has 10 nitrogen and oxygen atoms in total. The molecule has 0 saturated heterocycles. The zero-order valence-electron chi connectivity index (χ0n) is 15.4.